The first-order valence-corrected chi connectivity index (χ1v) is 8.05. The third-order valence-electron chi connectivity index (χ3n) is 4.26. The second kappa shape index (κ2) is 6.50. The molecule has 0 amide bonds. The summed E-state index contributed by atoms with van der Waals surface area (Å²) in [6.07, 6.45) is 1.70. The Balaban J connectivity index is 1.87. The second-order valence-corrected chi connectivity index (χ2v) is 6.44. The number of aromatic nitrogens is 1. The molecule has 23 heavy (non-hydrogen) atoms. The van der Waals surface area contributed by atoms with E-state index in [1.165, 1.54) is 0 Å². The van der Waals surface area contributed by atoms with Crippen LogP contribution in [0.4, 0.5) is 11.4 Å². The van der Waals surface area contributed by atoms with Crippen LogP contribution in [0.3, 0.4) is 0 Å². The van der Waals surface area contributed by atoms with Gasteiger partial charge in [-0.25, -0.2) is 0 Å². The molecule has 1 aromatic heterocycles. The molecule has 0 aliphatic carbocycles. The molecule has 1 aliphatic rings. The minimum atomic E-state index is -0.339. The molecule has 122 valence electrons. The second-order valence-electron chi connectivity index (χ2n) is 6.44. The van der Waals surface area contributed by atoms with Crippen molar-refractivity contribution in [2.45, 2.75) is 13.8 Å². The molecule has 0 spiro atoms. The number of piperazine rings is 1. The molecule has 0 bridgehead atoms. The lowest BCUT2D eigenvalue weighted by molar-refractivity contribution is -0.383. The Morgan fingerprint density at radius 2 is 1.96 bits per heavy atom. The van der Waals surface area contributed by atoms with Crippen LogP contribution < -0.4 is 4.90 Å². The average molecular weight is 314 g/mol. The quantitative estimate of drug-likeness (QED) is 0.641. The summed E-state index contributed by atoms with van der Waals surface area (Å²) in [6.45, 7) is 9.48. The van der Waals surface area contributed by atoms with Crippen LogP contribution in [0.15, 0.2) is 30.5 Å². The Morgan fingerprint density at radius 1 is 1.22 bits per heavy atom. The summed E-state index contributed by atoms with van der Waals surface area (Å²) in [5.41, 5.74) is 1.84. The van der Waals surface area contributed by atoms with Crippen molar-refractivity contribution in [2.24, 2.45) is 5.92 Å². The first-order valence-electron chi connectivity index (χ1n) is 8.05. The fraction of sp³-hybridized carbons (Fsp3) is 0.471. The third-order valence-corrected chi connectivity index (χ3v) is 4.26. The smallest absolute Gasteiger partial charge is 0.278 e. The molecule has 0 saturated carbocycles. The molecule has 0 radical (unpaired) electrons. The number of nitro groups is 1. The van der Waals surface area contributed by atoms with Gasteiger partial charge in [0.1, 0.15) is 5.52 Å². The highest BCUT2D eigenvalue weighted by molar-refractivity contribution is 5.97. The fourth-order valence-electron chi connectivity index (χ4n) is 3.24. The minimum Gasteiger partial charge on any atom is -0.367 e. The summed E-state index contributed by atoms with van der Waals surface area (Å²) in [5.74, 6) is 0.670. The largest absolute Gasteiger partial charge is 0.367 e. The van der Waals surface area contributed by atoms with E-state index < -0.39 is 0 Å². The maximum Gasteiger partial charge on any atom is 0.278 e. The molecule has 6 heteroatoms. The number of non-ortho nitro benzene ring substituents is 1. The van der Waals surface area contributed by atoms with Crippen LogP contribution in [0.1, 0.15) is 13.8 Å². The molecule has 0 atom stereocenters. The number of anilines is 1. The number of nitro benzene ring substituents is 1. The van der Waals surface area contributed by atoms with Gasteiger partial charge in [0.15, 0.2) is 0 Å². The van der Waals surface area contributed by atoms with Gasteiger partial charge in [-0.05, 0) is 24.1 Å². The van der Waals surface area contributed by atoms with Gasteiger partial charge in [0.05, 0.1) is 16.0 Å². The maximum atomic E-state index is 11.2. The third kappa shape index (κ3) is 3.27. The normalized spacial score (nSPS) is 16.2. The number of rotatable bonds is 4. The highest BCUT2D eigenvalue weighted by Crippen LogP contribution is 2.32. The summed E-state index contributed by atoms with van der Waals surface area (Å²) < 4.78 is 0. The van der Waals surface area contributed by atoms with Crippen molar-refractivity contribution in [3.8, 4) is 0 Å². The van der Waals surface area contributed by atoms with Crippen LogP contribution in [-0.4, -0.2) is 47.5 Å². The zero-order chi connectivity index (χ0) is 16.4. The van der Waals surface area contributed by atoms with Crippen molar-refractivity contribution in [1.29, 1.82) is 0 Å². The zero-order valence-corrected chi connectivity index (χ0v) is 13.6. The van der Waals surface area contributed by atoms with Crippen molar-refractivity contribution in [1.82, 2.24) is 9.88 Å². The van der Waals surface area contributed by atoms with Crippen molar-refractivity contribution < 1.29 is 4.92 Å². The monoisotopic (exact) mass is 314 g/mol. The molecule has 1 aromatic carbocycles. The van der Waals surface area contributed by atoms with Gasteiger partial charge in [0.25, 0.3) is 5.69 Å². The van der Waals surface area contributed by atoms with Gasteiger partial charge in [-0.15, -0.1) is 0 Å². The van der Waals surface area contributed by atoms with E-state index in [2.05, 4.69) is 28.6 Å². The van der Waals surface area contributed by atoms with Gasteiger partial charge in [-0.1, -0.05) is 13.8 Å². The van der Waals surface area contributed by atoms with Gasteiger partial charge in [0, 0.05) is 45.0 Å². The summed E-state index contributed by atoms with van der Waals surface area (Å²) >= 11 is 0. The fourth-order valence-corrected chi connectivity index (χ4v) is 3.24. The topological polar surface area (TPSA) is 62.5 Å². The Morgan fingerprint density at radius 3 is 2.61 bits per heavy atom. The van der Waals surface area contributed by atoms with E-state index in [9.17, 15) is 10.1 Å². The summed E-state index contributed by atoms with van der Waals surface area (Å²) in [6, 6.07) is 6.96. The molecule has 1 saturated heterocycles. The molecule has 1 aliphatic heterocycles. The van der Waals surface area contributed by atoms with Gasteiger partial charge in [-0.2, -0.15) is 0 Å². The van der Waals surface area contributed by atoms with Gasteiger partial charge in [0.2, 0.25) is 0 Å². The molecule has 0 unspecified atom stereocenters. The molecule has 1 fully saturated rings. The lowest BCUT2D eigenvalue weighted by atomic mass is 10.1. The molecule has 3 rings (SSSR count). The van der Waals surface area contributed by atoms with Gasteiger partial charge < -0.3 is 4.90 Å². The predicted octanol–water partition coefficient (Wildman–Crippen LogP) is 2.92. The van der Waals surface area contributed by atoms with Crippen LogP contribution in [0, 0.1) is 16.0 Å². The van der Waals surface area contributed by atoms with E-state index in [1.54, 1.807) is 24.4 Å². The molecule has 2 heterocycles. The average Bonchev–Trinajstić information content (AvgIpc) is 2.54. The highest BCUT2D eigenvalue weighted by Gasteiger charge is 2.22. The summed E-state index contributed by atoms with van der Waals surface area (Å²) in [5, 5.41) is 11.8. The van der Waals surface area contributed by atoms with E-state index in [0.717, 1.165) is 43.9 Å². The van der Waals surface area contributed by atoms with Crippen LogP contribution in [0.2, 0.25) is 0 Å². The van der Waals surface area contributed by atoms with Crippen LogP contribution >= 0.6 is 0 Å². The van der Waals surface area contributed by atoms with Crippen LogP contribution in [0.25, 0.3) is 10.9 Å². The lowest BCUT2D eigenvalue weighted by Gasteiger charge is -2.37. The number of nitrogens with zero attached hydrogens (tertiary/aromatic N) is 4. The summed E-state index contributed by atoms with van der Waals surface area (Å²) in [4.78, 5) is 20.0. The van der Waals surface area contributed by atoms with Crippen molar-refractivity contribution in [3.63, 3.8) is 0 Å². The van der Waals surface area contributed by atoms with Crippen LogP contribution in [-0.2, 0) is 0 Å². The Hall–Kier alpha value is -2.21. The predicted molar refractivity (Wildman–Crippen MR) is 91.9 cm³/mol. The van der Waals surface area contributed by atoms with E-state index in [-0.39, 0.29) is 10.6 Å². The number of fused-ring (bicyclic) bond motifs is 1. The Labute approximate surface area is 135 Å². The van der Waals surface area contributed by atoms with E-state index >= 15 is 0 Å². The minimum absolute atomic E-state index is 0.121. The standard InChI is InChI=1S/C17H22N4O2/c1-13(2)12-19-8-10-20(11-9-19)16-6-5-15(21(22)23)14-4-3-7-18-17(14)16/h3-7,13H,8-12H2,1-2H3. The maximum absolute atomic E-state index is 11.2. The SMILES string of the molecule is CC(C)CN1CCN(c2ccc([N+](=O)[O-])c3cccnc23)CC1. The zero-order valence-electron chi connectivity index (χ0n) is 13.6. The summed E-state index contributed by atoms with van der Waals surface area (Å²) in [7, 11) is 0. The molecule has 0 N–H and O–H groups in total. The first-order chi connectivity index (χ1) is 11.1. The van der Waals surface area contributed by atoms with E-state index in [4.69, 9.17) is 0 Å². The van der Waals surface area contributed by atoms with Crippen molar-refractivity contribution in [2.75, 3.05) is 37.6 Å². The van der Waals surface area contributed by atoms with Crippen LogP contribution in [0.5, 0.6) is 0 Å². The lowest BCUT2D eigenvalue weighted by Crippen LogP contribution is -2.47. The van der Waals surface area contributed by atoms with Gasteiger partial charge >= 0.3 is 0 Å². The Kier molecular flexibility index (Phi) is 4.43. The van der Waals surface area contributed by atoms with E-state index in [0.29, 0.717) is 11.3 Å². The molecular formula is C17H22N4O2. The number of pyridine rings is 1. The molecule has 2 aromatic rings. The Bertz CT molecular complexity index is 709. The van der Waals surface area contributed by atoms with Crippen molar-refractivity contribution >= 4 is 22.3 Å². The van der Waals surface area contributed by atoms with Crippen molar-refractivity contribution in [3.05, 3.63) is 40.6 Å². The molecular weight excluding hydrogens is 292 g/mol. The number of hydrogen-bond acceptors (Lipinski definition) is 5. The van der Waals surface area contributed by atoms with Gasteiger partial charge in [-0.3, -0.25) is 20.0 Å². The molecule has 6 nitrogen and oxygen atoms in total. The first kappa shape index (κ1) is 15.7. The van der Waals surface area contributed by atoms with E-state index in [1.807, 2.05) is 6.07 Å². The number of hydrogen-bond donors (Lipinski definition) is 0. The highest BCUT2D eigenvalue weighted by atomic mass is 16.6. The number of benzene rings is 1.